The number of amides is 1. The number of carbonyl (C=O) groups excluding carboxylic acids is 1. The van der Waals surface area contributed by atoms with E-state index in [9.17, 15) is 4.79 Å². The van der Waals surface area contributed by atoms with Gasteiger partial charge in [0, 0.05) is 23.7 Å². The molecule has 1 N–H and O–H groups in total. The van der Waals surface area contributed by atoms with Crippen molar-refractivity contribution in [3.8, 4) is 11.5 Å². The zero-order chi connectivity index (χ0) is 14.8. The highest BCUT2D eigenvalue weighted by Gasteiger charge is 2.20. The Balaban J connectivity index is 1.78. The first-order valence-corrected chi connectivity index (χ1v) is 6.90. The molecule has 2 aromatic carbocycles. The van der Waals surface area contributed by atoms with Crippen molar-refractivity contribution >= 4 is 11.6 Å². The lowest BCUT2D eigenvalue weighted by atomic mass is 10.1. The number of carbonyl (C=O) groups is 1. The predicted octanol–water partition coefficient (Wildman–Crippen LogP) is 3.27. The third kappa shape index (κ3) is 2.84. The average Bonchev–Trinajstić information content (AvgIpc) is 2.86. The van der Waals surface area contributed by atoms with E-state index in [0.29, 0.717) is 17.0 Å². The third-order valence-electron chi connectivity index (χ3n) is 3.49. The van der Waals surface area contributed by atoms with Crippen LogP contribution in [-0.2, 0) is 6.42 Å². The molecule has 3 rings (SSSR count). The molecule has 0 saturated carbocycles. The van der Waals surface area contributed by atoms with Crippen LogP contribution >= 0.6 is 0 Å². The minimum Gasteiger partial charge on any atom is -0.497 e. The number of hydrogen-bond acceptors (Lipinski definition) is 3. The van der Waals surface area contributed by atoms with Crippen molar-refractivity contribution in [1.82, 2.24) is 0 Å². The predicted molar refractivity (Wildman–Crippen MR) is 81.2 cm³/mol. The fourth-order valence-electron chi connectivity index (χ4n) is 2.47. The van der Waals surface area contributed by atoms with Crippen molar-refractivity contribution < 1.29 is 14.3 Å². The topological polar surface area (TPSA) is 47.6 Å². The minimum atomic E-state index is -0.134. The van der Waals surface area contributed by atoms with Crippen LogP contribution in [0.3, 0.4) is 0 Å². The van der Waals surface area contributed by atoms with E-state index in [4.69, 9.17) is 9.47 Å². The summed E-state index contributed by atoms with van der Waals surface area (Å²) in [5, 5.41) is 2.88. The maximum atomic E-state index is 12.3. The number of methoxy groups -OCH3 is 1. The molecule has 0 aliphatic carbocycles. The Hall–Kier alpha value is -2.49. The van der Waals surface area contributed by atoms with Crippen LogP contribution in [0, 0.1) is 0 Å². The fraction of sp³-hybridized carbons (Fsp3) is 0.235. The van der Waals surface area contributed by atoms with Crippen molar-refractivity contribution in [1.29, 1.82) is 0 Å². The molecule has 2 aromatic rings. The molecular weight excluding hydrogens is 266 g/mol. The molecule has 0 saturated heterocycles. The van der Waals surface area contributed by atoms with Gasteiger partial charge in [-0.1, -0.05) is 6.07 Å². The molecule has 0 unspecified atom stereocenters. The molecule has 1 aliphatic rings. The number of benzene rings is 2. The molecule has 4 heteroatoms. The maximum absolute atomic E-state index is 12.3. The van der Waals surface area contributed by atoms with Gasteiger partial charge in [0.2, 0.25) is 0 Å². The second kappa shape index (κ2) is 5.48. The largest absolute Gasteiger partial charge is 0.497 e. The first-order valence-electron chi connectivity index (χ1n) is 6.90. The van der Waals surface area contributed by atoms with Crippen LogP contribution in [0.15, 0.2) is 42.5 Å². The van der Waals surface area contributed by atoms with Gasteiger partial charge in [0.15, 0.2) is 0 Å². The normalized spacial score (nSPS) is 16.0. The van der Waals surface area contributed by atoms with Crippen molar-refractivity contribution in [3.05, 3.63) is 53.6 Å². The van der Waals surface area contributed by atoms with Crippen molar-refractivity contribution in [3.63, 3.8) is 0 Å². The smallest absolute Gasteiger partial charge is 0.255 e. The van der Waals surface area contributed by atoms with Gasteiger partial charge in [-0.2, -0.15) is 0 Å². The van der Waals surface area contributed by atoms with E-state index in [-0.39, 0.29) is 12.0 Å². The Morgan fingerprint density at radius 3 is 2.95 bits per heavy atom. The molecule has 0 radical (unpaired) electrons. The molecule has 1 aliphatic heterocycles. The molecule has 0 aromatic heterocycles. The molecule has 1 heterocycles. The molecule has 0 spiro atoms. The Bertz CT molecular complexity index is 681. The van der Waals surface area contributed by atoms with Gasteiger partial charge in [-0.25, -0.2) is 0 Å². The highest BCUT2D eigenvalue weighted by atomic mass is 16.5. The summed E-state index contributed by atoms with van der Waals surface area (Å²) in [6, 6.07) is 12.8. The SMILES string of the molecule is COc1cccc(NC(=O)c2ccc3c(c2)C[C@@H](C)O3)c1. The summed E-state index contributed by atoms with van der Waals surface area (Å²) in [5.74, 6) is 1.45. The lowest BCUT2D eigenvalue weighted by molar-refractivity contribution is 0.102. The zero-order valence-corrected chi connectivity index (χ0v) is 12.1. The van der Waals surface area contributed by atoms with Gasteiger partial charge in [0.1, 0.15) is 17.6 Å². The van der Waals surface area contributed by atoms with Crippen molar-refractivity contribution in [2.45, 2.75) is 19.4 Å². The van der Waals surface area contributed by atoms with E-state index in [1.807, 2.05) is 37.3 Å². The molecule has 4 nitrogen and oxygen atoms in total. The minimum absolute atomic E-state index is 0.134. The number of hydrogen-bond donors (Lipinski definition) is 1. The molecule has 21 heavy (non-hydrogen) atoms. The Labute approximate surface area is 123 Å². The summed E-state index contributed by atoms with van der Waals surface area (Å²) in [5.41, 5.74) is 2.43. The quantitative estimate of drug-likeness (QED) is 0.940. The number of nitrogens with one attached hydrogen (secondary N) is 1. The van der Waals surface area contributed by atoms with E-state index in [0.717, 1.165) is 17.7 Å². The molecule has 1 amide bonds. The highest BCUT2D eigenvalue weighted by molar-refractivity contribution is 6.04. The first kappa shape index (κ1) is 13.5. The van der Waals surface area contributed by atoms with Gasteiger partial charge in [0.05, 0.1) is 7.11 Å². The maximum Gasteiger partial charge on any atom is 0.255 e. The summed E-state index contributed by atoms with van der Waals surface area (Å²) in [6.07, 6.45) is 1.02. The lowest BCUT2D eigenvalue weighted by Gasteiger charge is -2.08. The van der Waals surface area contributed by atoms with Crippen molar-refractivity contribution in [2.75, 3.05) is 12.4 Å². The lowest BCUT2D eigenvalue weighted by Crippen LogP contribution is -2.12. The number of anilines is 1. The van der Waals surface area contributed by atoms with E-state index < -0.39 is 0 Å². The molecule has 1 atom stereocenters. The second-order valence-electron chi connectivity index (χ2n) is 5.14. The van der Waals surface area contributed by atoms with Crippen LogP contribution in [0.25, 0.3) is 0 Å². The van der Waals surface area contributed by atoms with Crippen LogP contribution in [-0.4, -0.2) is 19.1 Å². The van der Waals surface area contributed by atoms with Crippen LogP contribution in [0.2, 0.25) is 0 Å². The molecule has 108 valence electrons. The molecular formula is C17H17NO3. The van der Waals surface area contributed by atoms with Gasteiger partial charge in [0.25, 0.3) is 5.91 Å². The van der Waals surface area contributed by atoms with Gasteiger partial charge in [-0.3, -0.25) is 4.79 Å². The van der Waals surface area contributed by atoms with Crippen LogP contribution in [0.4, 0.5) is 5.69 Å². The third-order valence-corrected chi connectivity index (χ3v) is 3.49. The monoisotopic (exact) mass is 283 g/mol. The Kier molecular flexibility index (Phi) is 3.52. The van der Waals surface area contributed by atoms with E-state index in [2.05, 4.69) is 5.32 Å². The van der Waals surface area contributed by atoms with Crippen molar-refractivity contribution in [2.24, 2.45) is 0 Å². The summed E-state index contributed by atoms with van der Waals surface area (Å²) in [7, 11) is 1.60. The number of ether oxygens (including phenoxy) is 2. The molecule has 0 fully saturated rings. The summed E-state index contributed by atoms with van der Waals surface area (Å²) in [4.78, 5) is 12.3. The van der Waals surface area contributed by atoms with E-state index in [1.54, 1.807) is 19.2 Å². The Morgan fingerprint density at radius 2 is 2.14 bits per heavy atom. The van der Waals surface area contributed by atoms with Crippen LogP contribution in [0.5, 0.6) is 11.5 Å². The standard InChI is InChI=1S/C17H17NO3/c1-11-8-13-9-12(6-7-16(13)21-11)17(19)18-14-4-3-5-15(10-14)20-2/h3-7,9-11H,8H2,1-2H3,(H,18,19)/t11-/m1/s1. The summed E-state index contributed by atoms with van der Waals surface area (Å²) >= 11 is 0. The van der Waals surface area contributed by atoms with Gasteiger partial charge >= 0.3 is 0 Å². The highest BCUT2D eigenvalue weighted by Crippen LogP contribution is 2.29. The van der Waals surface area contributed by atoms with E-state index >= 15 is 0 Å². The number of fused-ring (bicyclic) bond motifs is 1. The zero-order valence-electron chi connectivity index (χ0n) is 12.1. The van der Waals surface area contributed by atoms with Crippen LogP contribution < -0.4 is 14.8 Å². The van der Waals surface area contributed by atoms with Gasteiger partial charge in [-0.05, 0) is 42.8 Å². The summed E-state index contributed by atoms with van der Waals surface area (Å²) < 4.78 is 10.8. The van der Waals surface area contributed by atoms with Crippen LogP contribution in [0.1, 0.15) is 22.8 Å². The van der Waals surface area contributed by atoms with Gasteiger partial charge < -0.3 is 14.8 Å². The summed E-state index contributed by atoms with van der Waals surface area (Å²) in [6.45, 7) is 2.02. The first-order chi connectivity index (χ1) is 10.2. The van der Waals surface area contributed by atoms with Gasteiger partial charge in [-0.15, -0.1) is 0 Å². The fourth-order valence-corrected chi connectivity index (χ4v) is 2.47. The second-order valence-corrected chi connectivity index (χ2v) is 5.14. The van der Waals surface area contributed by atoms with E-state index in [1.165, 1.54) is 0 Å². The number of rotatable bonds is 3. The Morgan fingerprint density at radius 1 is 1.29 bits per heavy atom. The molecule has 0 bridgehead atoms. The average molecular weight is 283 g/mol.